The molecule has 0 bridgehead atoms. The van der Waals surface area contributed by atoms with Crippen LogP contribution in [0.2, 0.25) is 5.02 Å². The van der Waals surface area contributed by atoms with Crippen LogP contribution >= 0.6 is 11.6 Å². The van der Waals surface area contributed by atoms with Crippen molar-refractivity contribution in [3.63, 3.8) is 0 Å². The minimum atomic E-state index is -0.102. The van der Waals surface area contributed by atoms with Gasteiger partial charge in [0.1, 0.15) is 0 Å². The number of benzene rings is 1. The standard InChI is InChI=1S/C14H21ClN2O2/c1-3-7-17(8-9-18)14(19)12-10-11(15)5-6-13(12)16-4-2/h5-6,10,16,18H,3-4,7-9H2,1-2H3. The fourth-order valence-electron chi connectivity index (χ4n) is 1.91. The molecule has 1 rings (SSSR count). The summed E-state index contributed by atoms with van der Waals surface area (Å²) in [6, 6.07) is 5.23. The molecule has 0 saturated heterocycles. The number of nitrogens with zero attached hydrogens (tertiary/aromatic N) is 1. The van der Waals surface area contributed by atoms with E-state index in [1.165, 1.54) is 0 Å². The normalized spacial score (nSPS) is 10.3. The molecule has 0 atom stereocenters. The highest BCUT2D eigenvalue weighted by molar-refractivity contribution is 6.31. The molecule has 4 nitrogen and oxygen atoms in total. The van der Waals surface area contributed by atoms with E-state index in [9.17, 15) is 4.79 Å². The lowest BCUT2D eigenvalue weighted by Crippen LogP contribution is -2.34. The number of anilines is 1. The number of carbonyl (C=O) groups is 1. The summed E-state index contributed by atoms with van der Waals surface area (Å²) in [5.74, 6) is -0.102. The van der Waals surface area contributed by atoms with E-state index in [-0.39, 0.29) is 12.5 Å². The molecule has 19 heavy (non-hydrogen) atoms. The lowest BCUT2D eigenvalue weighted by molar-refractivity contribution is 0.0723. The van der Waals surface area contributed by atoms with Gasteiger partial charge in [-0.15, -0.1) is 0 Å². The lowest BCUT2D eigenvalue weighted by atomic mass is 10.1. The van der Waals surface area contributed by atoms with E-state index in [0.717, 1.165) is 18.7 Å². The zero-order valence-corrected chi connectivity index (χ0v) is 12.2. The molecule has 0 radical (unpaired) electrons. The first kappa shape index (κ1) is 15.8. The van der Waals surface area contributed by atoms with Crippen LogP contribution in [0.4, 0.5) is 5.69 Å². The molecule has 2 N–H and O–H groups in total. The first-order valence-electron chi connectivity index (χ1n) is 6.57. The number of amides is 1. The van der Waals surface area contributed by atoms with Crippen molar-refractivity contribution in [3.05, 3.63) is 28.8 Å². The minimum absolute atomic E-state index is 0.0388. The fourth-order valence-corrected chi connectivity index (χ4v) is 2.09. The number of halogens is 1. The van der Waals surface area contributed by atoms with Gasteiger partial charge in [-0.05, 0) is 31.5 Å². The second kappa shape index (κ2) is 8.02. The number of aliphatic hydroxyl groups excluding tert-OH is 1. The molecule has 0 saturated carbocycles. The molecule has 0 spiro atoms. The highest BCUT2D eigenvalue weighted by Crippen LogP contribution is 2.22. The van der Waals surface area contributed by atoms with Gasteiger partial charge in [0.05, 0.1) is 12.2 Å². The topological polar surface area (TPSA) is 52.6 Å². The monoisotopic (exact) mass is 284 g/mol. The van der Waals surface area contributed by atoms with E-state index in [1.807, 2.05) is 19.9 Å². The van der Waals surface area contributed by atoms with E-state index in [4.69, 9.17) is 16.7 Å². The van der Waals surface area contributed by atoms with Gasteiger partial charge in [-0.2, -0.15) is 0 Å². The van der Waals surface area contributed by atoms with Crippen molar-refractivity contribution in [2.45, 2.75) is 20.3 Å². The first-order valence-corrected chi connectivity index (χ1v) is 6.95. The number of hydrogen-bond donors (Lipinski definition) is 2. The largest absolute Gasteiger partial charge is 0.395 e. The van der Waals surface area contributed by atoms with Crippen LogP contribution in [0.5, 0.6) is 0 Å². The molecular weight excluding hydrogens is 264 g/mol. The van der Waals surface area contributed by atoms with E-state index >= 15 is 0 Å². The Bertz CT molecular complexity index is 418. The third kappa shape index (κ3) is 4.40. The Labute approximate surface area is 119 Å². The van der Waals surface area contributed by atoms with Crippen LogP contribution in [0.3, 0.4) is 0 Å². The van der Waals surface area contributed by atoms with Gasteiger partial charge < -0.3 is 15.3 Å². The predicted molar refractivity (Wildman–Crippen MR) is 78.9 cm³/mol. The van der Waals surface area contributed by atoms with Crippen LogP contribution in [-0.2, 0) is 0 Å². The van der Waals surface area contributed by atoms with Crippen molar-refractivity contribution < 1.29 is 9.90 Å². The van der Waals surface area contributed by atoms with Crippen LogP contribution in [0.25, 0.3) is 0 Å². The molecule has 0 unspecified atom stereocenters. The maximum Gasteiger partial charge on any atom is 0.256 e. The summed E-state index contributed by atoms with van der Waals surface area (Å²) in [6.45, 7) is 5.63. The van der Waals surface area contributed by atoms with Gasteiger partial charge in [0.2, 0.25) is 0 Å². The van der Waals surface area contributed by atoms with Gasteiger partial charge >= 0.3 is 0 Å². The summed E-state index contributed by atoms with van der Waals surface area (Å²) in [5.41, 5.74) is 1.33. The summed E-state index contributed by atoms with van der Waals surface area (Å²) in [5, 5.41) is 12.7. The number of carbonyl (C=O) groups excluding carboxylic acids is 1. The summed E-state index contributed by atoms with van der Waals surface area (Å²) >= 11 is 5.97. The SMILES string of the molecule is CCCN(CCO)C(=O)c1cc(Cl)ccc1NCC. The van der Waals surface area contributed by atoms with E-state index < -0.39 is 0 Å². The minimum Gasteiger partial charge on any atom is -0.395 e. The van der Waals surface area contributed by atoms with Crippen LogP contribution in [0, 0.1) is 0 Å². The first-order chi connectivity index (χ1) is 9.13. The quantitative estimate of drug-likeness (QED) is 0.809. The highest BCUT2D eigenvalue weighted by Gasteiger charge is 2.18. The average molecular weight is 285 g/mol. The van der Waals surface area contributed by atoms with Crippen molar-refractivity contribution >= 4 is 23.2 Å². The second-order valence-corrected chi connectivity index (χ2v) is 4.67. The van der Waals surface area contributed by atoms with Crippen LogP contribution < -0.4 is 5.32 Å². The Morgan fingerprint density at radius 1 is 1.37 bits per heavy atom. The molecule has 0 fully saturated rings. The zero-order chi connectivity index (χ0) is 14.3. The molecule has 0 heterocycles. The van der Waals surface area contributed by atoms with Gasteiger partial charge in [-0.3, -0.25) is 4.79 Å². The van der Waals surface area contributed by atoms with E-state index in [1.54, 1.807) is 17.0 Å². The van der Waals surface area contributed by atoms with Gasteiger partial charge in [0, 0.05) is 30.3 Å². The fraction of sp³-hybridized carbons (Fsp3) is 0.500. The van der Waals surface area contributed by atoms with Crippen molar-refractivity contribution in [1.82, 2.24) is 4.90 Å². The molecule has 0 aliphatic carbocycles. The predicted octanol–water partition coefficient (Wildman–Crippen LogP) is 2.62. The molecular formula is C14H21ClN2O2. The molecule has 106 valence electrons. The van der Waals surface area contributed by atoms with E-state index in [0.29, 0.717) is 23.7 Å². The number of nitrogens with one attached hydrogen (secondary N) is 1. The molecule has 0 aliphatic heterocycles. The molecule has 0 aliphatic rings. The molecule has 5 heteroatoms. The van der Waals surface area contributed by atoms with Gasteiger partial charge in [0.25, 0.3) is 5.91 Å². The smallest absolute Gasteiger partial charge is 0.256 e. The molecule has 1 amide bonds. The molecule has 0 aromatic heterocycles. The summed E-state index contributed by atoms with van der Waals surface area (Å²) in [4.78, 5) is 14.1. The third-order valence-corrected chi connectivity index (χ3v) is 2.97. The Morgan fingerprint density at radius 3 is 2.68 bits per heavy atom. The number of aliphatic hydroxyl groups is 1. The number of hydrogen-bond acceptors (Lipinski definition) is 3. The summed E-state index contributed by atoms with van der Waals surface area (Å²) in [7, 11) is 0. The van der Waals surface area contributed by atoms with Gasteiger partial charge in [0.15, 0.2) is 0 Å². The lowest BCUT2D eigenvalue weighted by Gasteiger charge is -2.22. The average Bonchev–Trinajstić information content (AvgIpc) is 2.40. The van der Waals surface area contributed by atoms with Crippen molar-refractivity contribution in [2.24, 2.45) is 0 Å². The van der Waals surface area contributed by atoms with Crippen molar-refractivity contribution in [3.8, 4) is 0 Å². The maximum atomic E-state index is 12.5. The second-order valence-electron chi connectivity index (χ2n) is 4.24. The summed E-state index contributed by atoms with van der Waals surface area (Å²) < 4.78 is 0. The Kier molecular flexibility index (Phi) is 6.67. The van der Waals surface area contributed by atoms with Crippen LogP contribution in [-0.4, -0.2) is 42.2 Å². The maximum absolute atomic E-state index is 12.5. The van der Waals surface area contributed by atoms with Crippen LogP contribution in [0.1, 0.15) is 30.6 Å². The molecule has 1 aromatic rings. The highest BCUT2D eigenvalue weighted by atomic mass is 35.5. The van der Waals surface area contributed by atoms with Gasteiger partial charge in [-0.25, -0.2) is 0 Å². The Balaban J connectivity index is 3.03. The summed E-state index contributed by atoms with van der Waals surface area (Å²) in [6.07, 6.45) is 0.850. The van der Waals surface area contributed by atoms with Crippen molar-refractivity contribution in [1.29, 1.82) is 0 Å². The van der Waals surface area contributed by atoms with E-state index in [2.05, 4.69) is 5.32 Å². The zero-order valence-electron chi connectivity index (χ0n) is 11.4. The Morgan fingerprint density at radius 2 is 2.11 bits per heavy atom. The van der Waals surface area contributed by atoms with Gasteiger partial charge in [-0.1, -0.05) is 18.5 Å². The van der Waals surface area contributed by atoms with Crippen LogP contribution in [0.15, 0.2) is 18.2 Å². The number of rotatable bonds is 7. The third-order valence-electron chi connectivity index (χ3n) is 2.73. The Hall–Kier alpha value is -1.26. The van der Waals surface area contributed by atoms with Crippen molar-refractivity contribution in [2.75, 3.05) is 31.6 Å². The molecule has 1 aromatic carbocycles.